The van der Waals surface area contributed by atoms with Crippen molar-refractivity contribution in [1.29, 1.82) is 0 Å². The number of halogens is 1. The van der Waals surface area contributed by atoms with Crippen LogP contribution in [0.1, 0.15) is 12.5 Å². The predicted molar refractivity (Wildman–Crippen MR) is 78.4 cm³/mol. The van der Waals surface area contributed by atoms with Gasteiger partial charge in [0.15, 0.2) is 21.3 Å². The van der Waals surface area contributed by atoms with Gasteiger partial charge in [-0.1, -0.05) is 6.92 Å². The summed E-state index contributed by atoms with van der Waals surface area (Å²) >= 11 is 3.37. The second-order valence-electron chi connectivity index (χ2n) is 3.90. The molecule has 0 aliphatic rings. The van der Waals surface area contributed by atoms with Gasteiger partial charge in [0.2, 0.25) is 0 Å². The van der Waals surface area contributed by atoms with Crippen LogP contribution in [0.15, 0.2) is 16.6 Å². The van der Waals surface area contributed by atoms with Gasteiger partial charge in [-0.2, -0.15) is 0 Å². The summed E-state index contributed by atoms with van der Waals surface area (Å²) in [6.45, 7) is 2.09. The highest BCUT2D eigenvalue weighted by atomic mass is 79.9. The minimum absolute atomic E-state index is 0.0161. The number of benzene rings is 1. The molecule has 0 bridgehead atoms. The highest BCUT2D eigenvalue weighted by molar-refractivity contribution is 9.10. The van der Waals surface area contributed by atoms with Crippen molar-refractivity contribution in [1.82, 2.24) is 0 Å². The van der Waals surface area contributed by atoms with E-state index in [4.69, 9.17) is 15.2 Å². The first-order valence-electron chi connectivity index (χ1n) is 5.83. The van der Waals surface area contributed by atoms with Crippen molar-refractivity contribution in [2.45, 2.75) is 13.5 Å². The summed E-state index contributed by atoms with van der Waals surface area (Å²) in [5, 5.41) is 0. The molecule has 0 heterocycles. The standard InChI is InChI=1S/C12H18BrNO4S/c1-3-19(15,16)5-4-18-12-10(13)6-9(8-14)7-11(12)17-2/h6-7H,3-5,8,14H2,1-2H3. The summed E-state index contributed by atoms with van der Waals surface area (Å²) in [5.41, 5.74) is 6.47. The first-order chi connectivity index (χ1) is 8.93. The third-order valence-corrected chi connectivity index (χ3v) is 4.86. The van der Waals surface area contributed by atoms with E-state index in [1.165, 1.54) is 7.11 Å². The molecular formula is C12H18BrNO4S. The van der Waals surface area contributed by atoms with Crippen LogP contribution in [0.5, 0.6) is 11.5 Å². The minimum atomic E-state index is -3.04. The molecule has 1 rings (SSSR count). The summed E-state index contributed by atoms with van der Waals surface area (Å²) in [4.78, 5) is 0. The third-order valence-electron chi connectivity index (χ3n) is 2.61. The number of sulfone groups is 1. The maximum Gasteiger partial charge on any atom is 0.175 e. The van der Waals surface area contributed by atoms with Crippen LogP contribution in [-0.2, 0) is 16.4 Å². The summed E-state index contributed by atoms with van der Waals surface area (Å²) < 4.78 is 34.2. The second-order valence-corrected chi connectivity index (χ2v) is 7.23. The van der Waals surface area contributed by atoms with Crippen LogP contribution in [0.25, 0.3) is 0 Å². The van der Waals surface area contributed by atoms with Gasteiger partial charge in [-0.05, 0) is 33.6 Å². The zero-order chi connectivity index (χ0) is 14.5. The molecule has 0 amide bonds. The zero-order valence-corrected chi connectivity index (χ0v) is 13.4. The van der Waals surface area contributed by atoms with Crippen molar-refractivity contribution in [3.8, 4) is 11.5 Å². The lowest BCUT2D eigenvalue weighted by Crippen LogP contribution is -2.16. The molecule has 0 radical (unpaired) electrons. The average molecular weight is 352 g/mol. The van der Waals surface area contributed by atoms with E-state index in [2.05, 4.69) is 15.9 Å². The Balaban J connectivity index is 2.83. The first kappa shape index (κ1) is 16.3. The lowest BCUT2D eigenvalue weighted by Gasteiger charge is -2.14. The van der Waals surface area contributed by atoms with Gasteiger partial charge in [-0.3, -0.25) is 0 Å². The summed E-state index contributed by atoms with van der Waals surface area (Å²) in [5.74, 6) is 1.12. The largest absolute Gasteiger partial charge is 0.493 e. The second kappa shape index (κ2) is 7.12. The van der Waals surface area contributed by atoms with Crippen molar-refractivity contribution in [2.75, 3.05) is 25.2 Å². The van der Waals surface area contributed by atoms with Crippen molar-refractivity contribution in [2.24, 2.45) is 5.73 Å². The molecule has 19 heavy (non-hydrogen) atoms. The number of rotatable bonds is 7. The SMILES string of the molecule is CCS(=O)(=O)CCOc1c(Br)cc(CN)cc1OC. The van der Waals surface area contributed by atoms with Crippen molar-refractivity contribution in [3.63, 3.8) is 0 Å². The maximum absolute atomic E-state index is 11.4. The minimum Gasteiger partial charge on any atom is -0.493 e. The fraction of sp³-hybridized carbons (Fsp3) is 0.500. The van der Waals surface area contributed by atoms with Gasteiger partial charge in [0.05, 0.1) is 17.3 Å². The Kier molecular flexibility index (Phi) is 6.09. The van der Waals surface area contributed by atoms with E-state index in [1.54, 1.807) is 13.0 Å². The van der Waals surface area contributed by atoms with Crippen molar-refractivity contribution in [3.05, 3.63) is 22.2 Å². The van der Waals surface area contributed by atoms with E-state index < -0.39 is 9.84 Å². The topological polar surface area (TPSA) is 78.6 Å². The molecule has 0 saturated carbocycles. The van der Waals surface area contributed by atoms with Crippen LogP contribution in [0.2, 0.25) is 0 Å². The fourth-order valence-electron chi connectivity index (χ4n) is 1.45. The Bertz CT molecular complexity index is 531. The van der Waals surface area contributed by atoms with Crippen LogP contribution in [0.3, 0.4) is 0 Å². The molecule has 0 unspecified atom stereocenters. The average Bonchev–Trinajstić information content (AvgIpc) is 2.39. The van der Waals surface area contributed by atoms with Crippen LogP contribution < -0.4 is 15.2 Å². The molecule has 7 heteroatoms. The van der Waals surface area contributed by atoms with E-state index in [0.29, 0.717) is 22.5 Å². The van der Waals surface area contributed by atoms with Crippen LogP contribution in [0, 0.1) is 0 Å². The first-order valence-corrected chi connectivity index (χ1v) is 8.44. The molecular weight excluding hydrogens is 334 g/mol. The monoisotopic (exact) mass is 351 g/mol. The van der Waals surface area contributed by atoms with Gasteiger partial charge in [-0.25, -0.2) is 8.42 Å². The van der Waals surface area contributed by atoms with E-state index in [0.717, 1.165) is 5.56 Å². The Morgan fingerprint density at radius 2 is 2.05 bits per heavy atom. The number of hydrogen-bond donors (Lipinski definition) is 1. The quantitative estimate of drug-likeness (QED) is 0.809. The van der Waals surface area contributed by atoms with E-state index in [9.17, 15) is 8.42 Å². The van der Waals surface area contributed by atoms with Crippen LogP contribution >= 0.6 is 15.9 Å². The summed E-state index contributed by atoms with van der Waals surface area (Å²) in [6, 6.07) is 3.60. The van der Waals surface area contributed by atoms with Crippen molar-refractivity contribution >= 4 is 25.8 Å². The fourth-order valence-corrected chi connectivity index (χ4v) is 2.68. The molecule has 0 aliphatic carbocycles. The number of ether oxygens (including phenoxy) is 2. The zero-order valence-electron chi connectivity index (χ0n) is 11.0. The van der Waals surface area contributed by atoms with Crippen LogP contribution in [-0.4, -0.2) is 33.6 Å². The molecule has 0 saturated heterocycles. The molecule has 0 atom stereocenters. The van der Waals surface area contributed by atoms with Gasteiger partial charge in [0.1, 0.15) is 6.61 Å². The lowest BCUT2D eigenvalue weighted by atomic mass is 10.2. The van der Waals surface area contributed by atoms with Gasteiger partial charge in [0.25, 0.3) is 0 Å². The molecule has 5 nitrogen and oxygen atoms in total. The molecule has 0 aliphatic heterocycles. The normalized spacial score (nSPS) is 11.4. The molecule has 0 aromatic heterocycles. The van der Waals surface area contributed by atoms with E-state index in [-0.39, 0.29) is 18.1 Å². The third kappa shape index (κ3) is 4.67. The molecule has 108 valence electrons. The Morgan fingerprint density at radius 3 is 2.58 bits per heavy atom. The molecule has 1 aromatic carbocycles. The molecule has 0 spiro atoms. The Labute approximate surface area is 122 Å². The molecule has 2 N–H and O–H groups in total. The van der Waals surface area contributed by atoms with Gasteiger partial charge < -0.3 is 15.2 Å². The van der Waals surface area contributed by atoms with Crippen molar-refractivity contribution < 1.29 is 17.9 Å². The predicted octanol–water partition coefficient (Wildman–Crippen LogP) is 1.73. The lowest BCUT2D eigenvalue weighted by molar-refractivity contribution is 0.309. The summed E-state index contributed by atoms with van der Waals surface area (Å²) in [7, 11) is -1.51. The number of methoxy groups -OCH3 is 1. The van der Waals surface area contributed by atoms with Gasteiger partial charge in [-0.15, -0.1) is 0 Å². The number of hydrogen-bond acceptors (Lipinski definition) is 5. The van der Waals surface area contributed by atoms with Crippen LogP contribution in [0.4, 0.5) is 0 Å². The summed E-state index contributed by atoms with van der Waals surface area (Å²) in [6.07, 6.45) is 0. The van der Waals surface area contributed by atoms with E-state index in [1.807, 2.05) is 6.07 Å². The Hall–Kier alpha value is -0.790. The Morgan fingerprint density at radius 1 is 1.37 bits per heavy atom. The highest BCUT2D eigenvalue weighted by Gasteiger charge is 2.13. The maximum atomic E-state index is 11.4. The van der Waals surface area contributed by atoms with E-state index >= 15 is 0 Å². The number of nitrogens with two attached hydrogens (primary N) is 1. The van der Waals surface area contributed by atoms with Gasteiger partial charge in [0, 0.05) is 12.3 Å². The molecule has 1 aromatic rings. The molecule has 0 fully saturated rings. The smallest absolute Gasteiger partial charge is 0.175 e. The highest BCUT2D eigenvalue weighted by Crippen LogP contribution is 2.36. The van der Waals surface area contributed by atoms with Gasteiger partial charge >= 0.3 is 0 Å².